The largest absolute Gasteiger partial charge is 0.383 e. The number of nitrogens with two attached hydrogens (primary N) is 1. The van der Waals surface area contributed by atoms with Gasteiger partial charge in [0.25, 0.3) is 0 Å². The van der Waals surface area contributed by atoms with Gasteiger partial charge in [-0.05, 0) is 40.5 Å². The van der Waals surface area contributed by atoms with Crippen molar-refractivity contribution in [3.8, 4) is 0 Å². The molecule has 8 heteroatoms. The number of halogens is 1. The van der Waals surface area contributed by atoms with Crippen molar-refractivity contribution < 1.29 is 8.42 Å². The summed E-state index contributed by atoms with van der Waals surface area (Å²) in [5.74, 6) is 0.535. The molecular weight excluding hydrogens is 356 g/mol. The molecule has 2 N–H and O–H groups in total. The number of nitrogens with zero attached hydrogens (tertiary/aromatic N) is 3. The van der Waals surface area contributed by atoms with Crippen LogP contribution in [0.4, 0.5) is 5.82 Å². The lowest BCUT2D eigenvalue weighted by Gasteiger charge is -2.16. The van der Waals surface area contributed by atoms with Gasteiger partial charge >= 0.3 is 0 Å². The quantitative estimate of drug-likeness (QED) is 0.890. The summed E-state index contributed by atoms with van der Waals surface area (Å²) in [7, 11) is -0.394. The highest BCUT2D eigenvalue weighted by atomic mass is 79.9. The lowest BCUT2D eigenvalue weighted by atomic mass is 10.1. The van der Waals surface area contributed by atoms with Gasteiger partial charge in [0, 0.05) is 14.1 Å². The van der Waals surface area contributed by atoms with E-state index in [0.717, 1.165) is 10.0 Å². The Balaban J connectivity index is 2.34. The number of hydrogen-bond acceptors (Lipinski definition) is 4. The molecule has 0 aliphatic rings. The molecule has 0 fully saturated rings. The average Bonchev–Trinajstić information content (AvgIpc) is 2.78. The summed E-state index contributed by atoms with van der Waals surface area (Å²) < 4.78 is 27.7. The fourth-order valence-corrected chi connectivity index (χ4v) is 3.10. The molecule has 1 heterocycles. The number of sulfonamides is 1. The first-order valence-corrected chi connectivity index (χ1v) is 8.49. The van der Waals surface area contributed by atoms with Crippen molar-refractivity contribution in [2.24, 2.45) is 0 Å². The van der Waals surface area contributed by atoms with Crippen molar-refractivity contribution in [3.63, 3.8) is 0 Å². The minimum atomic E-state index is -3.41. The predicted molar refractivity (Wildman–Crippen MR) is 85.5 cm³/mol. The van der Waals surface area contributed by atoms with Crippen LogP contribution in [0.5, 0.6) is 0 Å². The Morgan fingerprint density at radius 1 is 1.29 bits per heavy atom. The zero-order chi connectivity index (χ0) is 15.8. The van der Waals surface area contributed by atoms with Crippen LogP contribution in [-0.4, -0.2) is 36.6 Å². The summed E-state index contributed by atoms with van der Waals surface area (Å²) in [5.41, 5.74) is 6.86. The second kappa shape index (κ2) is 5.78. The maximum atomic E-state index is 12.0. The summed E-state index contributed by atoms with van der Waals surface area (Å²) in [5, 5.41) is 4.21. The molecule has 2 rings (SSSR count). The zero-order valence-corrected chi connectivity index (χ0v) is 14.4. The molecule has 6 nitrogen and oxygen atoms in total. The minimum absolute atomic E-state index is 0.0904. The molecule has 0 aliphatic heterocycles. The van der Waals surface area contributed by atoms with Gasteiger partial charge in [0.05, 0.1) is 21.6 Å². The van der Waals surface area contributed by atoms with Crippen LogP contribution in [0.2, 0.25) is 0 Å². The maximum absolute atomic E-state index is 12.0. The topological polar surface area (TPSA) is 81.2 Å². The monoisotopic (exact) mass is 372 g/mol. The SMILES string of the molecule is CC(c1ccc(S(=O)(=O)N(C)C)cc1)n1ncc(Br)c1N. The lowest BCUT2D eigenvalue weighted by Crippen LogP contribution is -2.22. The first-order chi connectivity index (χ1) is 9.75. The van der Waals surface area contributed by atoms with E-state index in [9.17, 15) is 8.42 Å². The van der Waals surface area contributed by atoms with Gasteiger partial charge in [0.1, 0.15) is 5.82 Å². The van der Waals surface area contributed by atoms with E-state index in [0.29, 0.717) is 5.82 Å². The summed E-state index contributed by atoms with van der Waals surface area (Å²) in [6, 6.07) is 6.64. The average molecular weight is 373 g/mol. The number of aromatic nitrogens is 2. The molecule has 0 saturated carbocycles. The highest BCUT2D eigenvalue weighted by Gasteiger charge is 2.18. The Hall–Kier alpha value is -1.38. The van der Waals surface area contributed by atoms with E-state index in [-0.39, 0.29) is 10.9 Å². The molecule has 1 unspecified atom stereocenters. The van der Waals surface area contributed by atoms with Gasteiger partial charge in [-0.25, -0.2) is 17.4 Å². The Kier molecular flexibility index (Phi) is 4.40. The Morgan fingerprint density at radius 2 is 1.86 bits per heavy atom. The highest BCUT2D eigenvalue weighted by Crippen LogP contribution is 2.26. The first-order valence-electron chi connectivity index (χ1n) is 6.26. The summed E-state index contributed by atoms with van der Waals surface area (Å²) in [6.07, 6.45) is 1.64. The second-order valence-electron chi connectivity index (χ2n) is 4.85. The molecule has 0 spiro atoms. The van der Waals surface area contributed by atoms with Gasteiger partial charge in [0.2, 0.25) is 10.0 Å². The van der Waals surface area contributed by atoms with Gasteiger partial charge in [-0.3, -0.25) is 0 Å². The lowest BCUT2D eigenvalue weighted by molar-refractivity contribution is 0.520. The molecule has 0 bridgehead atoms. The van der Waals surface area contributed by atoms with Gasteiger partial charge in [-0.15, -0.1) is 0 Å². The molecule has 0 radical (unpaired) electrons. The number of rotatable bonds is 4. The molecular formula is C13H17BrN4O2S. The molecule has 1 aromatic heterocycles. The number of benzene rings is 1. The Morgan fingerprint density at radius 3 is 2.29 bits per heavy atom. The van der Waals surface area contributed by atoms with Crippen molar-refractivity contribution in [2.75, 3.05) is 19.8 Å². The van der Waals surface area contributed by atoms with Crippen LogP contribution in [0, 0.1) is 0 Å². The molecule has 1 aromatic carbocycles. The number of anilines is 1. The minimum Gasteiger partial charge on any atom is -0.383 e. The Labute approximate surface area is 132 Å². The summed E-state index contributed by atoms with van der Waals surface area (Å²) >= 11 is 3.32. The van der Waals surface area contributed by atoms with E-state index in [1.165, 1.54) is 18.4 Å². The standard InChI is InChI=1S/C13H17BrN4O2S/c1-9(18-13(15)12(14)8-16-18)10-4-6-11(7-5-10)21(19,20)17(2)3/h4-9H,15H2,1-3H3. The van der Waals surface area contributed by atoms with Crippen LogP contribution >= 0.6 is 15.9 Å². The van der Waals surface area contributed by atoms with Crippen LogP contribution < -0.4 is 5.73 Å². The van der Waals surface area contributed by atoms with Crippen molar-refractivity contribution >= 4 is 31.8 Å². The van der Waals surface area contributed by atoms with Gasteiger partial charge in [-0.1, -0.05) is 12.1 Å². The molecule has 114 valence electrons. The zero-order valence-electron chi connectivity index (χ0n) is 12.0. The van der Waals surface area contributed by atoms with Crippen LogP contribution in [-0.2, 0) is 10.0 Å². The molecule has 0 amide bonds. The first kappa shape index (κ1) is 16.0. The molecule has 0 aliphatic carbocycles. The van der Waals surface area contributed by atoms with Crippen molar-refractivity contribution in [3.05, 3.63) is 40.5 Å². The molecule has 2 aromatic rings. The summed E-state index contributed by atoms with van der Waals surface area (Å²) in [6.45, 7) is 1.95. The third kappa shape index (κ3) is 2.97. The van der Waals surface area contributed by atoms with Crippen LogP contribution in [0.25, 0.3) is 0 Å². The van der Waals surface area contributed by atoms with Gasteiger partial charge in [0.15, 0.2) is 0 Å². The predicted octanol–water partition coefficient (Wildman–Crippen LogP) is 2.09. The smallest absolute Gasteiger partial charge is 0.242 e. The van der Waals surface area contributed by atoms with Crippen LogP contribution in [0.3, 0.4) is 0 Å². The third-order valence-electron chi connectivity index (χ3n) is 3.29. The molecule has 0 saturated heterocycles. The van der Waals surface area contributed by atoms with E-state index < -0.39 is 10.0 Å². The fourth-order valence-electron chi connectivity index (χ4n) is 1.93. The van der Waals surface area contributed by atoms with E-state index in [1.807, 2.05) is 6.92 Å². The van der Waals surface area contributed by atoms with E-state index >= 15 is 0 Å². The highest BCUT2D eigenvalue weighted by molar-refractivity contribution is 9.10. The Bertz CT molecular complexity index is 738. The third-order valence-corrected chi connectivity index (χ3v) is 5.74. The van der Waals surface area contributed by atoms with E-state index in [1.54, 1.807) is 35.1 Å². The van der Waals surface area contributed by atoms with Crippen LogP contribution in [0.1, 0.15) is 18.5 Å². The normalized spacial score (nSPS) is 13.6. The van der Waals surface area contributed by atoms with Crippen molar-refractivity contribution in [2.45, 2.75) is 17.9 Å². The number of nitrogen functional groups attached to an aromatic ring is 1. The molecule has 21 heavy (non-hydrogen) atoms. The van der Waals surface area contributed by atoms with Crippen molar-refractivity contribution in [1.82, 2.24) is 14.1 Å². The fraction of sp³-hybridized carbons (Fsp3) is 0.308. The van der Waals surface area contributed by atoms with Crippen LogP contribution in [0.15, 0.2) is 39.8 Å². The maximum Gasteiger partial charge on any atom is 0.242 e. The number of hydrogen-bond donors (Lipinski definition) is 1. The van der Waals surface area contributed by atoms with Crippen molar-refractivity contribution in [1.29, 1.82) is 0 Å². The molecule has 1 atom stereocenters. The van der Waals surface area contributed by atoms with Gasteiger partial charge in [-0.2, -0.15) is 5.10 Å². The van der Waals surface area contributed by atoms with E-state index in [4.69, 9.17) is 5.73 Å². The van der Waals surface area contributed by atoms with E-state index in [2.05, 4.69) is 21.0 Å². The van der Waals surface area contributed by atoms with Gasteiger partial charge < -0.3 is 5.73 Å². The second-order valence-corrected chi connectivity index (χ2v) is 7.86. The summed E-state index contributed by atoms with van der Waals surface area (Å²) in [4.78, 5) is 0.262.